The summed E-state index contributed by atoms with van der Waals surface area (Å²) < 4.78 is 15.9. The predicted molar refractivity (Wildman–Crippen MR) is 106 cm³/mol. The molecule has 28 heavy (non-hydrogen) atoms. The van der Waals surface area contributed by atoms with E-state index in [1.54, 1.807) is 42.6 Å². The van der Waals surface area contributed by atoms with Gasteiger partial charge in [-0.15, -0.1) is 11.3 Å². The van der Waals surface area contributed by atoms with Crippen LogP contribution in [0.25, 0.3) is 16.8 Å². The highest BCUT2D eigenvalue weighted by Gasteiger charge is 2.34. The van der Waals surface area contributed by atoms with Crippen molar-refractivity contribution < 1.29 is 18.8 Å². The second-order valence-electron chi connectivity index (χ2n) is 6.32. The van der Waals surface area contributed by atoms with Crippen LogP contribution in [0.4, 0.5) is 0 Å². The molecule has 4 rings (SSSR count). The van der Waals surface area contributed by atoms with Crippen LogP contribution in [-0.4, -0.2) is 48.3 Å². The number of aromatic nitrogens is 2. The Morgan fingerprint density at radius 3 is 2.79 bits per heavy atom. The first-order valence-electron chi connectivity index (χ1n) is 8.74. The molecule has 0 atom stereocenters. The lowest BCUT2D eigenvalue weighted by molar-refractivity contribution is -0.130. The maximum absolute atomic E-state index is 12.4. The van der Waals surface area contributed by atoms with Crippen molar-refractivity contribution in [1.82, 2.24) is 15.0 Å². The fourth-order valence-corrected chi connectivity index (χ4v) is 3.60. The number of hydrogen-bond donors (Lipinski definition) is 0. The Hall–Kier alpha value is -3.13. The molecule has 1 amide bonds. The largest absolute Gasteiger partial charge is 0.493 e. The molecule has 1 aliphatic rings. The van der Waals surface area contributed by atoms with E-state index in [-0.39, 0.29) is 11.8 Å². The van der Waals surface area contributed by atoms with Gasteiger partial charge in [-0.25, -0.2) is 0 Å². The monoisotopic (exact) mass is 397 g/mol. The van der Waals surface area contributed by atoms with E-state index >= 15 is 0 Å². The van der Waals surface area contributed by atoms with Crippen LogP contribution in [0, 0.1) is 0 Å². The summed E-state index contributed by atoms with van der Waals surface area (Å²) in [5.74, 6) is 2.49. The number of carbonyl (C=O) groups is 1. The molecule has 0 aliphatic carbocycles. The Kier molecular flexibility index (Phi) is 5.12. The smallest absolute Gasteiger partial charge is 0.246 e. The van der Waals surface area contributed by atoms with Crippen LogP contribution in [0.15, 0.2) is 46.3 Å². The molecule has 8 heteroatoms. The lowest BCUT2D eigenvalue weighted by Crippen LogP contribution is -2.47. The van der Waals surface area contributed by atoms with Crippen LogP contribution >= 0.6 is 11.3 Å². The van der Waals surface area contributed by atoms with Crippen molar-refractivity contribution in [2.45, 2.75) is 5.92 Å². The first kappa shape index (κ1) is 18.2. The van der Waals surface area contributed by atoms with Crippen molar-refractivity contribution in [1.29, 1.82) is 0 Å². The topological polar surface area (TPSA) is 77.7 Å². The minimum atomic E-state index is -0.0518. The van der Waals surface area contributed by atoms with Gasteiger partial charge in [0.2, 0.25) is 17.6 Å². The number of ether oxygens (including phenoxy) is 2. The van der Waals surface area contributed by atoms with Crippen molar-refractivity contribution in [3.8, 4) is 22.2 Å². The van der Waals surface area contributed by atoms with Crippen LogP contribution in [0.1, 0.15) is 17.4 Å². The number of nitrogens with zero attached hydrogens (tertiary/aromatic N) is 3. The maximum Gasteiger partial charge on any atom is 0.246 e. The summed E-state index contributed by atoms with van der Waals surface area (Å²) in [6, 6.07) is 9.41. The van der Waals surface area contributed by atoms with E-state index in [0.29, 0.717) is 36.3 Å². The third-order valence-electron chi connectivity index (χ3n) is 4.55. The summed E-state index contributed by atoms with van der Waals surface area (Å²) in [4.78, 5) is 19.5. The highest BCUT2D eigenvalue weighted by Crippen LogP contribution is 2.30. The number of methoxy groups -OCH3 is 2. The molecular weight excluding hydrogens is 378 g/mol. The molecule has 2 aromatic heterocycles. The highest BCUT2D eigenvalue weighted by molar-refractivity contribution is 7.13. The van der Waals surface area contributed by atoms with Crippen LogP contribution in [0.3, 0.4) is 0 Å². The van der Waals surface area contributed by atoms with Crippen LogP contribution < -0.4 is 9.47 Å². The van der Waals surface area contributed by atoms with Gasteiger partial charge in [-0.05, 0) is 35.2 Å². The normalized spacial score (nSPS) is 14.3. The second kappa shape index (κ2) is 7.85. The van der Waals surface area contributed by atoms with Gasteiger partial charge in [-0.1, -0.05) is 17.3 Å². The minimum Gasteiger partial charge on any atom is -0.493 e. The van der Waals surface area contributed by atoms with Gasteiger partial charge in [0.15, 0.2) is 11.5 Å². The summed E-state index contributed by atoms with van der Waals surface area (Å²) in [6.45, 7) is 1.14. The Balaban J connectivity index is 1.34. The molecule has 144 valence electrons. The van der Waals surface area contributed by atoms with E-state index in [1.165, 1.54) is 0 Å². The van der Waals surface area contributed by atoms with Crippen LogP contribution in [0.5, 0.6) is 11.5 Å². The first-order chi connectivity index (χ1) is 13.7. The third kappa shape index (κ3) is 3.63. The molecule has 0 saturated carbocycles. The molecule has 0 spiro atoms. The van der Waals surface area contributed by atoms with Gasteiger partial charge in [0, 0.05) is 19.2 Å². The molecule has 3 aromatic rings. The Labute approximate surface area is 166 Å². The number of hydrogen-bond acceptors (Lipinski definition) is 7. The van der Waals surface area contributed by atoms with Crippen molar-refractivity contribution in [2.75, 3.05) is 27.3 Å². The second-order valence-corrected chi connectivity index (χ2v) is 7.27. The van der Waals surface area contributed by atoms with Gasteiger partial charge in [0.1, 0.15) is 0 Å². The number of rotatable bonds is 6. The van der Waals surface area contributed by atoms with E-state index in [9.17, 15) is 4.79 Å². The average Bonchev–Trinajstić information content (AvgIpc) is 3.36. The number of thiophene rings is 1. The SMILES string of the molecule is COc1ccc(/C=C/C(=O)N2CC(c3nc(-c4cccs4)no3)C2)cc1OC. The zero-order valence-electron chi connectivity index (χ0n) is 15.5. The van der Waals surface area contributed by atoms with E-state index in [4.69, 9.17) is 14.0 Å². The van der Waals surface area contributed by atoms with E-state index < -0.39 is 0 Å². The lowest BCUT2D eigenvalue weighted by Gasteiger charge is -2.36. The van der Waals surface area contributed by atoms with Gasteiger partial charge in [-0.2, -0.15) is 4.98 Å². The molecule has 1 saturated heterocycles. The number of benzene rings is 1. The summed E-state index contributed by atoms with van der Waals surface area (Å²) in [7, 11) is 3.17. The zero-order chi connectivity index (χ0) is 19.5. The van der Waals surface area contributed by atoms with Gasteiger partial charge in [-0.3, -0.25) is 4.79 Å². The molecule has 3 heterocycles. The number of amides is 1. The minimum absolute atomic E-state index is 0.0518. The summed E-state index contributed by atoms with van der Waals surface area (Å²) in [5.41, 5.74) is 0.862. The van der Waals surface area contributed by atoms with E-state index in [0.717, 1.165) is 10.4 Å². The standard InChI is InChI=1S/C20H19N3O4S/c1-25-15-7-5-13(10-16(15)26-2)6-8-18(24)23-11-14(12-23)20-21-19(22-27-20)17-4-3-9-28-17/h3-10,14H,11-12H2,1-2H3/b8-6+. The molecule has 0 bridgehead atoms. The Bertz CT molecular complexity index is 991. The molecular formula is C20H19N3O4S. The van der Waals surface area contributed by atoms with Gasteiger partial charge in [0.05, 0.1) is 25.0 Å². The number of likely N-dealkylation sites (tertiary alicyclic amines) is 1. The summed E-state index contributed by atoms with van der Waals surface area (Å²) >= 11 is 1.57. The third-order valence-corrected chi connectivity index (χ3v) is 5.42. The van der Waals surface area contributed by atoms with Gasteiger partial charge < -0.3 is 18.9 Å². The Morgan fingerprint density at radius 1 is 1.25 bits per heavy atom. The molecule has 1 aliphatic heterocycles. The lowest BCUT2D eigenvalue weighted by atomic mass is 10.00. The predicted octanol–water partition coefficient (Wildman–Crippen LogP) is 3.45. The molecule has 7 nitrogen and oxygen atoms in total. The van der Waals surface area contributed by atoms with Gasteiger partial charge >= 0.3 is 0 Å². The molecule has 0 unspecified atom stereocenters. The Morgan fingerprint density at radius 2 is 2.07 bits per heavy atom. The fourth-order valence-electron chi connectivity index (χ4n) is 2.95. The van der Waals surface area contributed by atoms with Crippen LogP contribution in [-0.2, 0) is 4.79 Å². The quantitative estimate of drug-likeness (QED) is 0.593. The summed E-state index contributed by atoms with van der Waals surface area (Å²) in [5, 5.41) is 5.99. The molecule has 0 radical (unpaired) electrons. The molecule has 1 fully saturated rings. The van der Waals surface area contributed by atoms with Crippen molar-refractivity contribution >= 4 is 23.3 Å². The maximum atomic E-state index is 12.4. The fraction of sp³-hybridized carbons (Fsp3) is 0.250. The zero-order valence-corrected chi connectivity index (χ0v) is 16.3. The number of carbonyl (C=O) groups excluding carboxylic acids is 1. The first-order valence-corrected chi connectivity index (χ1v) is 9.62. The van der Waals surface area contributed by atoms with E-state index in [1.807, 2.05) is 35.7 Å². The van der Waals surface area contributed by atoms with Crippen molar-refractivity contribution in [3.63, 3.8) is 0 Å². The van der Waals surface area contributed by atoms with Gasteiger partial charge in [0.25, 0.3) is 0 Å². The van der Waals surface area contributed by atoms with Crippen LogP contribution in [0.2, 0.25) is 0 Å². The molecule has 0 N–H and O–H groups in total. The highest BCUT2D eigenvalue weighted by atomic mass is 32.1. The van der Waals surface area contributed by atoms with Crippen molar-refractivity contribution in [2.24, 2.45) is 0 Å². The molecule has 1 aromatic carbocycles. The van der Waals surface area contributed by atoms with E-state index in [2.05, 4.69) is 10.1 Å². The summed E-state index contributed by atoms with van der Waals surface area (Å²) in [6.07, 6.45) is 3.32. The van der Waals surface area contributed by atoms with Crippen molar-refractivity contribution in [3.05, 3.63) is 53.2 Å². The average molecular weight is 397 g/mol.